The van der Waals surface area contributed by atoms with Crippen LogP contribution >= 0.6 is 0 Å². The molecule has 76 valence electrons. The first-order chi connectivity index (χ1) is 7.33. The maximum atomic E-state index is 5.64. The van der Waals surface area contributed by atoms with Crippen LogP contribution < -0.4 is 5.73 Å². The first-order valence-corrected chi connectivity index (χ1v) is 4.93. The van der Waals surface area contributed by atoms with Gasteiger partial charge in [-0.05, 0) is 0 Å². The van der Waals surface area contributed by atoms with Gasteiger partial charge in [0.2, 0.25) is 0 Å². The molecule has 0 radical (unpaired) electrons. The zero-order chi connectivity index (χ0) is 11.3. The molecule has 1 aromatic heterocycles. The quantitative estimate of drug-likeness (QED) is 0.661. The molecular weight excluding hydrogens is 184 g/mol. The molecule has 1 heterocycles. The summed E-state index contributed by atoms with van der Waals surface area (Å²) in [6, 6.07) is 7.79. The van der Waals surface area contributed by atoms with Crippen molar-refractivity contribution in [2.75, 3.05) is 5.73 Å². The Morgan fingerprint density at radius 3 is 2.60 bits per heavy atom. The number of pyridine rings is 1. The number of rotatable bonds is 0. The van der Waals surface area contributed by atoms with Crippen molar-refractivity contribution in [3.8, 4) is 12.3 Å². The molecule has 2 rings (SSSR count). The summed E-state index contributed by atoms with van der Waals surface area (Å²) in [4.78, 5) is 4.01. The van der Waals surface area contributed by atoms with Crippen molar-refractivity contribution >= 4 is 16.6 Å². The number of anilines is 1. The van der Waals surface area contributed by atoms with Gasteiger partial charge in [0.15, 0.2) is 0 Å². The average Bonchev–Trinajstić information content (AvgIpc) is 2.32. The highest BCUT2D eigenvalue weighted by molar-refractivity contribution is 5.90. The Morgan fingerprint density at radius 1 is 1.27 bits per heavy atom. The van der Waals surface area contributed by atoms with Crippen molar-refractivity contribution in [2.24, 2.45) is 0 Å². The van der Waals surface area contributed by atoms with Crippen LogP contribution in [0, 0.1) is 12.3 Å². The van der Waals surface area contributed by atoms with E-state index in [0.717, 1.165) is 10.8 Å². The van der Waals surface area contributed by atoms with Crippen LogP contribution in [0.2, 0.25) is 0 Å². The first kappa shape index (κ1) is 11.1. The van der Waals surface area contributed by atoms with Crippen LogP contribution in [-0.2, 0) is 0 Å². The molecule has 0 fully saturated rings. The van der Waals surface area contributed by atoms with Crippen molar-refractivity contribution in [3.05, 3.63) is 36.0 Å². The summed E-state index contributed by atoms with van der Waals surface area (Å²) in [7, 11) is 0. The van der Waals surface area contributed by atoms with Crippen molar-refractivity contribution in [1.82, 2.24) is 4.98 Å². The molecule has 0 spiro atoms. The normalized spacial score (nSPS) is 8.87. The van der Waals surface area contributed by atoms with Gasteiger partial charge in [-0.1, -0.05) is 44.0 Å². The summed E-state index contributed by atoms with van der Waals surface area (Å²) >= 11 is 0. The summed E-state index contributed by atoms with van der Waals surface area (Å²) in [5, 5.41) is 2.00. The van der Waals surface area contributed by atoms with Crippen molar-refractivity contribution in [1.29, 1.82) is 0 Å². The van der Waals surface area contributed by atoms with E-state index < -0.39 is 0 Å². The molecular formula is C13H14N2. The smallest absolute Gasteiger partial charge is 0.139 e. The van der Waals surface area contributed by atoms with Gasteiger partial charge in [0.25, 0.3) is 0 Å². The van der Waals surface area contributed by atoms with E-state index in [4.69, 9.17) is 12.2 Å². The lowest BCUT2D eigenvalue weighted by atomic mass is 10.1. The van der Waals surface area contributed by atoms with Crippen LogP contribution in [0.5, 0.6) is 0 Å². The third-order valence-electron chi connectivity index (χ3n) is 1.97. The third kappa shape index (κ3) is 2.08. The maximum absolute atomic E-state index is 5.64. The van der Waals surface area contributed by atoms with Gasteiger partial charge in [0.05, 0.1) is 5.56 Å². The van der Waals surface area contributed by atoms with E-state index in [9.17, 15) is 0 Å². The Kier molecular flexibility index (Phi) is 3.70. The molecule has 2 heteroatoms. The maximum Gasteiger partial charge on any atom is 0.139 e. The Labute approximate surface area is 90.1 Å². The lowest BCUT2D eigenvalue weighted by molar-refractivity contribution is 1.36. The Morgan fingerprint density at radius 2 is 1.93 bits per heavy atom. The van der Waals surface area contributed by atoms with E-state index in [1.54, 1.807) is 6.20 Å². The van der Waals surface area contributed by atoms with Gasteiger partial charge in [0, 0.05) is 17.0 Å². The first-order valence-electron chi connectivity index (χ1n) is 4.93. The summed E-state index contributed by atoms with van der Waals surface area (Å²) < 4.78 is 0. The van der Waals surface area contributed by atoms with Crippen LogP contribution in [0.15, 0.2) is 30.5 Å². The minimum atomic E-state index is 0.418. The molecule has 2 nitrogen and oxygen atoms in total. The zero-order valence-corrected chi connectivity index (χ0v) is 8.99. The Balaban J connectivity index is 0.000000531. The van der Waals surface area contributed by atoms with Gasteiger partial charge in [-0.3, -0.25) is 0 Å². The summed E-state index contributed by atoms with van der Waals surface area (Å²) in [5.74, 6) is 2.97. The second-order valence-electron chi connectivity index (χ2n) is 2.75. The van der Waals surface area contributed by atoms with Crippen LogP contribution in [0.3, 0.4) is 0 Å². The third-order valence-corrected chi connectivity index (χ3v) is 1.97. The molecule has 1 aromatic carbocycles. The minimum Gasteiger partial charge on any atom is -0.383 e. The largest absolute Gasteiger partial charge is 0.383 e. The van der Waals surface area contributed by atoms with Crippen LogP contribution in [0.4, 0.5) is 5.82 Å². The molecule has 0 amide bonds. The van der Waals surface area contributed by atoms with E-state index in [1.165, 1.54) is 0 Å². The summed E-state index contributed by atoms with van der Waals surface area (Å²) in [6.45, 7) is 4.00. The molecule has 0 bridgehead atoms. The number of nitrogen functional groups attached to an aromatic ring is 1. The molecule has 0 aliphatic heterocycles. The predicted molar refractivity (Wildman–Crippen MR) is 65.4 cm³/mol. The highest BCUT2D eigenvalue weighted by atomic mass is 14.8. The number of aromatic nitrogens is 1. The Hall–Kier alpha value is -2.01. The van der Waals surface area contributed by atoms with E-state index in [2.05, 4.69) is 10.9 Å². The molecule has 0 atom stereocenters. The van der Waals surface area contributed by atoms with Gasteiger partial charge in [-0.2, -0.15) is 0 Å². The van der Waals surface area contributed by atoms with Crippen LogP contribution in [-0.4, -0.2) is 4.98 Å². The predicted octanol–water partition coefficient (Wildman–Crippen LogP) is 2.82. The SMILES string of the molecule is C#Cc1c(N)ncc2ccccc12.CC. The molecule has 2 aromatic rings. The molecule has 0 unspecified atom stereocenters. The fourth-order valence-electron chi connectivity index (χ4n) is 1.33. The van der Waals surface area contributed by atoms with E-state index in [1.807, 2.05) is 38.1 Å². The molecule has 0 saturated heterocycles. The van der Waals surface area contributed by atoms with E-state index in [-0.39, 0.29) is 0 Å². The molecule has 0 aliphatic rings. The number of nitrogens with zero attached hydrogens (tertiary/aromatic N) is 1. The van der Waals surface area contributed by atoms with E-state index in [0.29, 0.717) is 11.4 Å². The molecule has 15 heavy (non-hydrogen) atoms. The number of terminal acetylenes is 1. The highest BCUT2D eigenvalue weighted by Crippen LogP contribution is 2.20. The monoisotopic (exact) mass is 198 g/mol. The average molecular weight is 198 g/mol. The van der Waals surface area contributed by atoms with Gasteiger partial charge < -0.3 is 5.73 Å². The summed E-state index contributed by atoms with van der Waals surface area (Å²) in [5.41, 5.74) is 6.32. The fourth-order valence-corrected chi connectivity index (χ4v) is 1.33. The fraction of sp³-hybridized carbons (Fsp3) is 0.154. The van der Waals surface area contributed by atoms with E-state index >= 15 is 0 Å². The standard InChI is InChI=1S/C11H8N2.C2H6/c1-2-9-10-6-4-3-5-8(10)7-13-11(9)12;1-2/h1,3-7H,(H2,12,13);1-2H3. The minimum absolute atomic E-state index is 0.418. The number of hydrogen-bond acceptors (Lipinski definition) is 2. The number of nitrogens with two attached hydrogens (primary N) is 1. The van der Waals surface area contributed by atoms with Gasteiger partial charge in [-0.25, -0.2) is 4.98 Å². The molecule has 0 aliphatic carbocycles. The number of benzene rings is 1. The van der Waals surface area contributed by atoms with Crippen molar-refractivity contribution in [3.63, 3.8) is 0 Å². The van der Waals surface area contributed by atoms with Crippen molar-refractivity contribution < 1.29 is 0 Å². The lowest BCUT2D eigenvalue weighted by Crippen LogP contribution is -1.94. The van der Waals surface area contributed by atoms with Gasteiger partial charge in [-0.15, -0.1) is 6.42 Å². The number of fused-ring (bicyclic) bond motifs is 1. The topological polar surface area (TPSA) is 38.9 Å². The lowest BCUT2D eigenvalue weighted by Gasteiger charge is -2.02. The van der Waals surface area contributed by atoms with Crippen LogP contribution in [0.1, 0.15) is 19.4 Å². The summed E-state index contributed by atoms with van der Waals surface area (Å²) in [6.07, 6.45) is 7.07. The highest BCUT2D eigenvalue weighted by Gasteiger charge is 2.02. The van der Waals surface area contributed by atoms with Gasteiger partial charge in [0.1, 0.15) is 5.82 Å². The zero-order valence-electron chi connectivity index (χ0n) is 8.99. The second kappa shape index (κ2) is 5.02. The van der Waals surface area contributed by atoms with Gasteiger partial charge >= 0.3 is 0 Å². The van der Waals surface area contributed by atoms with Crippen molar-refractivity contribution in [2.45, 2.75) is 13.8 Å². The molecule has 0 saturated carbocycles. The second-order valence-corrected chi connectivity index (χ2v) is 2.75. The molecule has 2 N–H and O–H groups in total. The number of hydrogen-bond donors (Lipinski definition) is 1. The Bertz CT molecular complexity index is 495. The van der Waals surface area contributed by atoms with Crippen LogP contribution in [0.25, 0.3) is 10.8 Å².